The van der Waals surface area contributed by atoms with E-state index in [1.54, 1.807) is 31.2 Å². The molecule has 2 aliphatic rings. The molecule has 2 aliphatic carbocycles. The van der Waals surface area contributed by atoms with Crippen LogP contribution in [0.3, 0.4) is 0 Å². The van der Waals surface area contributed by atoms with Crippen LogP contribution >= 0.6 is 15.9 Å². The molecule has 0 heterocycles. The van der Waals surface area contributed by atoms with Crippen molar-refractivity contribution in [2.45, 2.75) is 88.8 Å². The highest BCUT2D eigenvalue weighted by molar-refractivity contribution is 9.10. The van der Waals surface area contributed by atoms with Gasteiger partial charge in [0.1, 0.15) is 10.6 Å². The zero-order valence-electron chi connectivity index (χ0n) is 30.1. The molecular formula is C40H39BrF4N2O6S. The van der Waals surface area contributed by atoms with Crippen molar-refractivity contribution in [3.05, 3.63) is 122 Å². The van der Waals surface area contributed by atoms with Crippen LogP contribution in [0.2, 0.25) is 0 Å². The highest BCUT2D eigenvalue weighted by Crippen LogP contribution is 2.43. The topological polar surface area (TPSA) is 104 Å². The summed E-state index contributed by atoms with van der Waals surface area (Å²) < 4.78 is 93.1. The second-order valence-electron chi connectivity index (χ2n) is 14.9. The number of hydrogen-bond donors (Lipinski definition) is 1. The number of halogens is 5. The minimum atomic E-state index is -5.29. The van der Waals surface area contributed by atoms with Gasteiger partial charge in [0, 0.05) is 6.54 Å². The molecule has 14 heteroatoms. The summed E-state index contributed by atoms with van der Waals surface area (Å²) in [7, 11) is -5.29. The molecule has 4 aromatic rings. The van der Waals surface area contributed by atoms with E-state index in [4.69, 9.17) is 4.74 Å². The van der Waals surface area contributed by atoms with Crippen LogP contribution in [-0.2, 0) is 33.3 Å². The summed E-state index contributed by atoms with van der Waals surface area (Å²) in [5, 5.41) is 9.79. The van der Waals surface area contributed by atoms with Crippen molar-refractivity contribution in [2.75, 3.05) is 11.4 Å². The van der Waals surface area contributed by atoms with Crippen molar-refractivity contribution in [1.82, 2.24) is 4.31 Å². The molecule has 6 rings (SSSR count). The highest BCUT2D eigenvalue weighted by atomic mass is 79.9. The van der Waals surface area contributed by atoms with E-state index < -0.39 is 67.6 Å². The van der Waals surface area contributed by atoms with Gasteiger partial charge in [-0.3, -0.25) is 4.79 Å². The van der Waals surface area contributed by atoms with Gasteiger partial charge in [0.25, 0.3) is 0 Å². The Morgan fingerprint density at radius 3 is 2.17 bits per heavy atom. The maximum Gasteiger partial charge on any atom is 0.335 e. The zero-order valence-corrected chi connectivity index (χ0v) is 32.5. The molecule has 0 bridgehead atoms. The van der Waals surface area contributed by atoms with Crippen LogP contribution in [0.15, 0.2) is 70.0 Å². The Balaban J connectivity index is 1.50. The lowest BCUT2D eigenvalue weighted by molar-refractivity contribution is -0.119. The molecule has 0 aliphatic heterocycles. The maximum atomic E-state index is 15.4. The summed E-state index contributed by atoms with van der Waals surface area (Å²) in [6.07, 6.45) is 3.20. The van der Waals surface area contributed by atoms with E-state index in [0.717, 1.165) is 24.0 Å². The molecule has 0 atom stereocenters. The fourth-order valence-electron chi connectivity index (χ4n) is 6.10. The van der Waals surface area contributed by atoms with Gasteiger partial charge in [0.15, 0.2) is 23.3 Å². The number of carbonyl (C=O) groups excluding carboxylic acids is 1. The third-order valence-electron chi connectivity index (χ3n) is 9.57. The molecule has 0 unspecified atom stereocenters. The van der Waals surface area contributed by atoms with Crippen LogP contribution in [0.1, 0.15) is 90.5 Å². The fraction of sp³-hybridized carbons (Fsp3) is 0.350. The minimum absolute atomic E-state index is 0.0879. The first-order valence-corrected chi connectivity index (χ1v) is 19.6. The minimum Gasteiger partial charge on any atom is -0.488 e. The molecular weight excluding hydrogens is 792 g/mol. The van der Waals surface area contributed by atoms with Crippen LogP contribution in [-0.4, -0.2) is 42.4 Å². The number of anilines is 1. The van der Waals surface area contributed by atoms with Crippen molar-refractivity contribution in [2.24, 2.45) is 0 Å². The summed E-state index contributed by atoms with van der Waals surface area (Å²) >= 11 is 2.61. The van der Waals surface area contributed by atoms with Gasteiger partial charge in [-0.1, -0.05) is 63.2 Å². The Kier molecular flexibility index (Phi) is 11.0. The number of carbonyl (C=O) groups is 2. The lowest BCUT2D eigenvalue weighted by Crippen LogP contribution is -2.43. The second-order valence-corrected chi connectivity index (χ2v) is 17.5. The zero-order chi connectivity index (χ0) is 39.3. The molecule has 1 N–H and O–H groups in total. The second kappa shape index (κ2) is 15.1. The van der Waals surface area contributed by atoms with E-state index in [9.17, 15) is 36.3 Å². The van der Waals surface area contributed by atoms with E-state index >= 15 is 4.39 Å². The fourth-order valence-corrected chi connectivity index (χ4v) is 8.54. The number of carboxylic acids is 1. The van der Waals surface area contributed by atoms with Gasteiger partial charge in [0.05, 0.1) is 34.9 Å². The monoisotopic (exact) mass is 830 g/mol. The first-order valence-electron chi connectivity index (χ1n) is 17.4. The Hall–Kier alpha value is -4.27. The van der Waals surface area contributed by atoms with Crippen LogP contribution in [0.4, 0.5) is 23.2 Å². The predicted molar refractivity (Wildman–Crippen MR) is 198 cm³/mol. The summed E-state index contributed by atoms with van der Waals surface area (Å²) in [4.78, 5) is 26.5. The maximum absolute atomic E-state index is 15.4. The van der Waals surface area contributed by atoms with Gasteiger partial charge in [-0.15, -0.1) is 0 Å². The summed E-state index contributed by atoms with van der Waals surface area (Å²) in [6, 6.07) is 16.7. The van der Waals surface area contributed by atoms with Crippen LogP contribution < -0.4 is 9.64 Å². The number of rotatable bonds is 13. The number of ether oxygens (including phenoxy) is 1. The first kappa shape index (κ1) is 39.4. The molecule has 54 heavy (non-hydrogen) atoms. The molecule has 1 amide bonds. The molecule has 0 saturated heterocycles. The largest absolute Gasteiger partial charge is 0.488 e. The van der Waals surface area contributed by atoms with Gasteiger partial charge in [0.2, 0.25) is 15.9 Å². The van der Waals surface area contributed by atoms with Crippen molar-refractivity contribution < 1.29 is 45.4 Å². The summed E-state index contributed by atoms with van der Waals surface area (Å²) in [5.41, 5.74) is 3.60. The third-order valence-corrected chi connectivity index (χ3v) is 12.4. The average molecular weight is 832 g/mol. The number of amides is 1. The number of sulfonamides is 1. The Bertz CT molecular complexity index is 2220. The molecule has 2 saturated carbocycles. The normalized spacial score (nSPS) is 14.7. The van der Waals surface area contributed by atoms with Gasteiger partial charge in [-0.05, 0) is 106 Å². The van der Waals surface area contributed by atoms with Crippen LogP contribution in [0.25, 0.3) is 0 Å². The van der Waals surface area contributed by atoms with E-state index in [1.807, 2.05) is 12.1 Å². The van der Waals surface area contributed by atoms with Crippen molar-refractivity contribution >= 4 is 43.5 Å². The summed E-state index contributed by atoms with van der Waals surface area (Å²) in [6.45, 7) is 6.26. The number of aryl methyl sites for hydroxylation is 1. The molecule has 286 valence electrons. The first-order chi connectivity index (χ1) is 25.4. The van der Waals surface area contributed by atoms with Gasteiger partial charge >= 0.3 is 5.97 Å². The Labute approximate surface area is 319 Å². The van der Waals surface area contributed by atoms with E-state index in [-0.39, 0.29) is 35.1 Å². The number of hydrogen-bond acceptors (Lipinski definition) is 5. The van der Waals surface area contributed by atoms with Crippen LogP contribution in [0.5, 0.6) is 5.75 Å². The standard InChI is InChI=1S/C40H39BrF4N2O6S/c1-22-7-5-6-8-26(22)20-46(54(51,52)38-33(41)34(42)35(43)36(44)37(38)45)21-32(48)47(30-14-11-25(39(49)50)18-31(30)53-29-12-13-29)19-23-15-27(24-9-10-24)17-28(16-23)40(2,3)4/h5-8,11,14-18,24,29H,9-10,12-13,19-21H2,1-4H3,(H,49,50). The molecule has 2 fully saturated rings. The van der Waals surface area contributed by atoms with Crippen molar-refractivity contribution in [3.8, 4) is 5.75 Å². The van der Waals surface area contributed by atoms with E-state index in [2.05, 4.69) is 42.8 Å². The van der Waals surface area contributed by atoms with Gasteiger partial charge < -0.3 is 14.7 Å². The number of aromatic carboxylic acids is 1. The average Bonchev–Trinajstić information content (AvgIpc) is 4.05. The molecule has 4 aromatic carbocycles. The lowest BCUT2D eigenvalue weighted by atomic mass is 9.84. The van der Waals surface area contributed by atoms with Gasteiger partial charge in [-0.2, -0.15) is 4.31 Å². The molecule has 0 radical (unpaired) electrons. The third kappa shape index (κ3) is 8.35. The molecule has 0 aromatic heterocycles. The quantitative estimate of drug-likeness (QED) is 0.0820. The highest BCUT2D eigenvalue weighted by Gasteiger charge is 2.38. The van der Waals surface area contributed by atoms with Crippen molar-refractivity contribution in [3.63, 3.8) is 0 Å². The van der Waals surface area contributed by atoms with Crippen molar-refractivity contribution in [1.29, 1.82) is 0 Å². The van der Waals surface area contributed by atoms with Crippen LogP contribution in [0, 0.1) is 30.2 Å². The van der Waals surface area contributed by atoms with E-state index in [1.165, 1.54) is 23.1 Å². The lowest BCUT2D eigenvalue weighted by Gasteiger charge is -2.30. The SMILES string of the molecule is Cc1ccccc1CN(CC(=O)N(Cc1cc(C2CC2)cc(C(C)(C)C)c1)c1ccc(C(=O)O)cc1OC1CC1)S(=O)(=O)c1c(F)c(F)c(F)c(F)c1Br. The number of benzene rings is 4. The summed E-state index contributed by atoms with van der Waals surface area (Å²) in [5.74, 6) is -10.3. The Morgan fingerprint density at radius 1 is 0.889 bits per heavy atom. The molecule has 0 spiro atoms. The number of nitrogens with zero attached hydrogens (tertiary/aromatic N) is 2. The predicted octanol–water partition coefficient (Wildman–Crippen LogP) is 9.15. The number of carboxylic acid groups (broad SMARTS) is 1. The van der Waals surface area contributed by atoms with E-state index in [0.29, 0.717) is 39.8 Å². The van der Waals surface area contributed by atoms with Gasteiger partial charge in [-0.25, -0.2) is 30.8 Å². The Morgan fingerprint density at radius 2 is 1.56 bits per heavy atom. The smallest absolute Gasteiger partial charge is 0.335 e. The molecule has 8 nitrogen and oxygen atoms in total.